The number of aliphatic hydroxyl groups excluding tert-OH is 1. The number of ether oxygens (including phenoxy) is 2. The number of nitrogens with one attached hydrogen (secondary N) is 1. The van der Waals surface area contributed by atoms with Crippen molar-refractivity contribution in [3.8, 4) is 11.1 Å². The molecule has 4 aromatic rings. The van der Waals surface area contributed by atoms with Crippen molar-refractivity contribution in [2.24, 2.45) is 0 Å². The van der Waals surface area contributed by atoms with Gasteiger partial charge in [-0.15, -0.1) is 0 Å². The Kier molecular flexibility index (Phi) is 9.59. The van der Waals surface area contributed by atoms with Crippen molar-refractivity contribution in [1.82, 2.24) is 4.98 Å². The van der Waals surface area contributed by atoms with Crippen molar-refractivity contribution in [2.75, 3.05) is 10.2 Å². The van der Waals surface area contributed by atoms with Gasteiger partial charge in [-0.2, -0.15) is 4.90 Å². The molecule has 0 radical (unpaired) electrons. The van der Waals surface area contributed by atoms with Crippen LogP contribution in [0, 0.1) is 0 Å². The van der Waals surface area contributed by atoms with Crippen LogP contribution in [0.2, 0.25) is 0 Å². The van der Waals surface area contributed by atoms with Gasteiger partial charge < -0.3 is 19.9 Å². The molecular weight excluding hydrogens is 582 g/mol. The quantitative estimate of drug-likeness (QED) is 0.228. The van der Waals surface area contributed by atoms with E-state index >= 15 is 0 Å². The van der Waals surface area contributed by atoms with E-state index in [0.29, 0.717) is 22.2 Å². The number of amides is 3. The summed E-state index contributed by atoms with van der Waals surface area (Å²) in [4.78, 5) is 44.4. The van der Waals surface area contributed by atoms with Crippen molar-refractivity contribution < 1.29 is 29.0 Å². The van der Waals surface area contributed by atoms with Gasteiger partial charge in [-0.25, -0.2) is 14.6 Å². The summed E-state index contributed by atoms with van der Waals surface area (Å²) in [6.45, 7) is 16.7. The molecule has 3 amide bonds. The second-order valence-electron chi connectivity index (χ2n) is 14.2. The fourth-order valence-corrected chi connectivity index (χ4v) is 4.61. The van der Waals surface area contributed by atoms with Crippen molar-refractivity contribution in [1.29, 1.82) is 0 Å². The molecule has 0 aliphatic carbocycles. The van der Waals surface area contributed by atoms with Gasteiger partial charge in [-0.1, -0.05) is 63.2 Å². The van der Waals surface area contributed by atoms with Crippen LogP contribution in [-0.2, 0) is 19.7 Å². The summed E-state index contributed by atoms with van der Waals surface area (Å²) in [5.74, 6) is -0.568. The van der Waals surface area contributed by atoms with Crippen molar-refractivity contribution in [2.45, 2.75) is 85.0 Å². The Hall–Kier alpha value is -4.76. The van der Waals surface area contributed by atoms with Gasteiger partial charge in [-0.05, 0) is 106 Å². The van der Waals surface area contributed by atoms with Gasteiger partial charge in [-0.3, -0.25) is 4.79 Å². The highest BCUT2D eigenvalue weighted by molar-refractivity contribution is 6.09. The van der Waals surface area contributed by atoms with Crippen LogP contribution in [0.5, 0.6) is 0 Å². The van der Waals surface area contributed by atoms with Gasteiger partial charge in [0.05, 0.1) is 5.52 Å². The molecule has 3 aromatic carbocycles. The molecule has 0 aliphatic heterocycles. The van der Waals surface area contributed by atoms with E-state index in [9.17, 15) is 19.5 Å². The minimum Gasteiger partial charge on any atom is -0.443 e. The Morgan fingerprint density at radius 1 is 0.739 bits per heavy atom. The van der Waals surface area contributed by atoms with Crippen LogP contribution in [0.4, 0.5) is 21.1 Å². The monoisotopic (exact) mass is 625 g/mol. The molecule has 1 atom stereocenters. The van der Waals surface area contributed by atoms with Crippen LogP contribution < -0.4 is 10.2 Å². The van der Waals surface area contributed by atoms with Crippen LogP contribution in [0.15, 0.2) is 78.9 Å². The summed E-state index contributed by atoms with van der Waals surface area (Å²) in [6.07, 6.45) is -3.24. The lowest BCUT2D eigenvalue weighted by molar-refractivity contribution is -0.124. The van der Waals surface area contributed by atoms with Crippen LogP contribution in [-0.4, -0.2) is 39.4 Å². The van der Waals surface area contributed by atoms with Gasteiger partial charge in [0.25, 0.3) is 5.91 Å². The normalized spacial score (nSPS) is 12.7. The average molecular weight is 626 g/mol. The van der Waals surface area contributed by atoms with E-state index in [1.165, 1.54) is 11.6 Å². The standard InChI is InChI=1S/C37H43N3O6/c1-35(2,3)27-16-13-23(14-17-27)24-11-10-12-26(21-24)31(41)32(42)38-28-18-19-29-25(22-28)15-20-30(39-29)40(33(43)45-36(4,5)6)34(44)46-37(7,8)9/h10-22,31,41H,1-9H3,(H,38,42). The number of imide groups is 1. The first-order chi connectivity index (χ1) is 21.3. The molecule has 9 heteroatoms. The molecule has 1 heterocycles. The Morgan fingerprint density at radius 2 is 1.35 bits per heavy atom. The number of carbonyl (C=O) groups excluding carboxylic acids is 3. The van der Waals surface area contributed by atoms with Gasteiger partial charge in [0, 0.05) is 11.1 Å². The zero-order chi connectivity index (χ0) is 34.0. The fraction of sp³-hybridized carbons (Fsp3) is 0.351. The van der Waals surface area contributed by atoms with Crippen molar-refractivity contribution in [3.05, 3.63) is 90.0 Å². The summed E-state index contributed by atoms with van der Waals surface area (Å²) in [7, 11) is 0. The maximum Gasteiger partial charge on any atom is 0.425 e. The fourth-order valence-electron chi connectivity index (χ4n) is 4.61. The summed E-state index contributed by atoms with van der Waals surface area (Å²) in [5.41, 5.74) is 2.79. The van der Waals surface area contributed by atoms with Gasteiger partial charge in [0.2, 0.25) is 0 Å². The third kappa shape index (κ3) is 8.69. The molecule has 9 nitrogen and oxygen atoms in total. The Morgan fingerprint density at radius 3 is 1.91 bits per heavy atom. The maximum atomic E-state index is 13.1. The first-order valence-electron chi connectivity index (χ1n) is 15.2. The van der Waals surface area contributed by atoms with E-state index in [1.807, 2.05) is 30.3 Å². The summed E-state index contributed by atoms with van der Waals surface area (Å²) in [5, 5.41) is 14.3. The highest BCUT2D eigenvalue weighted by Crippen LogP contribution is 2.29. The molecule has 2 N–H and O–H groups in total. The topological polar surface area (TPSA) is 118 Å². The predicted octanol–water partition coefficient (Wildman–Crippen LogP) is 8.55. The van der Waals surface area contributed by atoms with Gasteiger partial charge >= 0.3 is 12.2 Å². The predicted molar refractivity (Wildman–Crippen MR) is 181 cm³/mol. The zero-order valence-electron chi connectivity index (χ0n) is 28.0. The first-order valence-corrected chi connectivity index (χ1v) is 15.2. The number of hydrogen-bond donors (Lipinski definition) is 2. The number of aliphatic hydroxyl groups is 1. The van der Waals surface area contributed by atoms with Crippen LogP contribution >= 0.6 is 0 Å². The van der Waals surface area contributed by atoms with Crippen LogP contribution in [0.3, 0.4) is 0 Å². The first kappa shape index (κ1) is 34.1. The minimum absolute atomic E-state index is 0.0242. The molecule has 0 aliphatic rings. The Labute approximate surface area is 270 Å². The smallest absolute Gasteiger partial charge is 0.425 e. The SMILES string of the molecule is CC(C)(C)OC(=O)N(C(=O)OC(C)(C)C)c1ccc2cc(NC(=O)C(O)c3cccc(-c4ccc(C(C)(C)C)cc4)c3)ccc2n1. The average Bonchev–Trinajstić information content (AvgIpc) is 2.94. The highest BCUT2D eigenvalue weighted by atomic mass is 16.6. The molecule has 46 heavy (non-hydrogen) atoms. The Balaban J connectivity index is 1.53. The summed E-state index contributed by atoms with van der Waals surface area (Å²) < 4.78 is 10.9. The third-order valence-electron chi connectivity index (χ3n) is 6.86. The third-order valence-corrected chi connectivity index (χ3v) is 6.86. The molecule has 0 saturated heterocycles. The van der Waals surface area contributed by atoms with Gasteiger partial charge in [0.1, 0.15) is 17.0 Å². The number of rotatable bonds is 5. The Bertz CT molecular complexity index is 1720. The van der Waals surface area contributed by atoms with Crippen molar-refractivity contribution >= 4 is 40.5 Å². The number of pyridine rings is 1. The number of carbonyl (C=O) groups is 3. The lowest BCUT2D eigenvalue weighted by Gasteiger charge is -2.28. The second kappa shape index (κ2) is 12.9. The number of aromatic nitrogens is 1. The van der Waals surface area contributed by atoms with Crippen molar-refractivity contribution in [3.63, 3.8) is 0 Å². The highest BCUT2D eigenvalue weighted by Gasteiger charge is 2.33. The maximum absolute atomic E-state index is 13.1. The van der Waals surface area contributed by atoms with E-state index in [4.69, 9.17) is 9.47 Å². The van der Waals surface area contributed by atoms with E-state index in [0.717, 1.165) is 16.0 Å². The molecule has 0 bridgehead atoms. The number of anilines is 2. The number of hydrogen-bond acceptors (Lipinski definition) is 7. The summed E-state index contributed by atoms with van der Waals surface area (Å²) in [6, 6.07) is 23.7. The van der Waals surface area contributed by atoms with Gasteiger partial charge in [0.15, 0.2) is 6.10 Å². The molecule has 242 valence electrons. The minimum atomic E-state index is -1.40. The zero-order valence-corrected chi connectivity index (χ0v) is 28.0. The lowest BCUT2D eigenvalue weighted by Crippen LogP contribution is -2.44. The number of nitrogens with zero attached hydrogens (tertiary/aromatic N) is 2. The number of benzene rings is 3. The molecule has 0 spiro atoms. The van der Waals surface area contributed by atoms with E-state index in [1.54, 1.807) is 71.9 Å². The summed E-state index contributed by atoms with van der Waals surface area (Å²) >= 11 is 0. The molecule has 4 rings (SSSR count). The van der Waals surface area contributed by atoms with Crippen LogP contribution in [0.1, 0.15) is 79.5 Å². The van der Waals surface area contributed by atoms with E-state index in [2.05, 4.69) is 43.2 Å². The molecule has 1 aromatic heterocycles. The second-order valence-corrected chi connectivity index (χ2v) is 14.2. The molecule has 1 unspecified atom stereocenters. The molecule has 0 fully saturated rings. The largest absolute Gasteiger partial charge is 0.443 e. The molecular formula is C37H43N3O6. The molecule has 0 saturated carbocycles. The van der Waals surface area contributed by atoms with Crippen LogP contribution in [0.25, 0.3) is 22.0 Å². The lowest BCUT2D eigenvalue weighted by atomic mass is 9.86. The number of fused-ring (bicyclic) bond motifs is 1. The van der Waals surface area contributed by atoms with E-state index < -0.39 is 35.4 Å². The van der Waals surface area contributed by atoms with E-state index in [-0.39, 0.29) is 11.2 Å².